The Morgan fingerprint density at radius 2 is 1.95 bits per heavy atom. The number of aromatic nitrogens is 1. The van der Waals surface area contributed by atoms with Gasteiger partial charge in [0.1, 0.15) is 6.61 Å². The normalized spacial score (nSPS) is 15.2. The predicted octanol–water partition coefficient (Wildman–Crippen LogP) is 5.31. The number of methoxy groups -OCH3 is 1. The van der Waals surface area contributed by atoms with E-state index < -0.39 is 12.0 Å². The number of fused-ring (bicyclic) bond motifs is 1. The summed E-state index contributed by atoms with van der Waals surface area (Å²) in [5.41, 5.74) is 1.81. The van der Waals surface area contributed by atoms with Gasteiger partial charge in [-0.05, 0) is 54.3 Å². The van der Waals surface area contributed by atoms with Gasteiger partial charge in [0.2, 0.25) is 0 Å². The molecule has 10 heteroatoms. The van der Waals surface area contributed by atoms with Crippen LogP contribution in [-0.4, -0.2) is 30.9 Å². The molecule has 0 radical (unpaired) electrons. The lowest BCUT2D eigenvalue weighted by Crippen LogP contribution is -2.40. The second-order valence-corrected chi connectivity index (χ2v) is 11.1. The molecule has 7 nitrogen and oxygen atoms in total. The molecule has 0 bridgehead atoms. The second kappa shape index (κ2) is 12.2. The number of carbonyl (C=O) groups is 1. The van der Waals surface area contributed by atoms with E-state index >= 15 is 0 Å². The van der Waals surface area contributed by atoms with Crippen molar-refractivity contribution in [3.8, 4) is 11.5 Å². The van der Waals surface area contributed by atoms with Crippen molar-refractivity contribution in [3.05, 3.63) is 101 Å². The first-order valence-electron chi connectivity index (χ1n) is 12.2. The lowest BCUT2D eigenvalue weighted by molar-refractivity contribution is -0.140. The van der Waals surface area contributed by atoms with Crippen LogP contribution in [0.2, 0.25) is 10.0 Å². The zero-order chi connectivity index (χ0) is 28.3. The van der Waals surface area contributed by atoms with Crippen LogP contribution in [0.3, 0.4) is 0 Å². The fourth-order valence-electron chi connectivity index (χ4n) is 4.09. The van der Waals surface area contributed by atoms with Crippen molar-refractivity contribution in [3.63, 3.8) is 0 Å². The minimum absolute atomic E-state index is 0.141. The van der Waals surface area contributed by atoms with Gasteiger partial charge in [0, 0.05) is 0 Å². The molecule has 1 aliphatic rings. The highest BCUT2D eigenvalue weighted by Gasteiger charge is 2.34. The number of rotatable bonds is 9. The van der Waals surface area contributed by atoms with Gasteiger partial charge in [-0.1, -0.05) is 73.2 Å². The number of hydrogen-bond acceptors (Lipinski definition) is 7. The van der Waals surface area contributed by atoms with E-state index in [4.69, 9.17) is 37.4 Å². The number of ether oxygens (including phenoxy) is 3. The molecule has 0 fully saturated rings. The summed E-state index contributed by atoms with van der Waals surface area (Å²) in [6.07, 6.45) is 3.36. The summed E-state index contributed by atoms with van der Waals surface area (Å²) in [6.45, 7) is 9.87. The van der Waals surface area contributed by atoms with E-state index in [0.717, 1.165) is 0 Å². The Morgan fingerprint density at radius 1 is 1.18 bits per heavy atom. The summed E-state index contributed by atoms with van der Waals surface area (Å²) in [5.74, 6) is 0.580. The quantitative estimate of drug-likeness (QED) is 0.250. The van der Waals surface area contributed by atoms with E-state index in [-0.39, 0.29) is 23.7 Å². The van der Waals surface area contributed by atoms with Crippen molar-refractivity contribution >= 4 is 46.6 Å². The van der Waals surface area contributed by atoms with Crippen LogP contribution in [-0.2, 0) is 9.53 Å². The van der Waals surface area contributed by atoms with Crippen molar-refractivity contribution < 1.29 is 19.0 Å². The highest BCUT2D eigenvalue weighted by atomic mass is 35.5. The monoisotopic (exact) mass is 586 g/mol. The maximum absolute atomic E-state index is 13.8. The van der Waals surface area contributed by atoms with Crippen LogP contribution < -0.4 is 24.4 Å². The van der Waals surface area contributed by atoms with Crippen molar-refractivity contribution in [2.24, 2.45) is 10.9 Å². The summed E-state index contributed by atoms with van der Waals surface area (Å²) >= 11 is 13.5. The van der Waals surface area contributed by atoms with Crippen LogP contribution in [0.5, 0.6) is 11.5 Å². The van der Waals surface area contributed by atoms with E-state index in [9.17, 15) is 9.59 Å². The van der Waals surface area contributed by atoms with Crippen molar-refractivity contribution in [1.82, 2.24) is 4.57 Å². The fourth-order valence-corrected chi connectivity index (χ4v) is 5.45. The largest absolute Gasteiger partial charge is 0.493 e. The van der Waals surface area contributed by atoms with Gasteiger partial charge in [0.05, 0.1) is 45.6 Å². The number of nitrogens with zero attached hydrogens (tertiary/aromatic N) is 2. The SMILES string of the molecule is C=CCOc1ccc(C2C(C(=O)OCC(C)C)=C(C)N=c3sc(=Cc4ccc(Cl)c(Cl)c4)c(=O)n32)cc1OC. The van der Waals surface area contributed by atoms with Gasteiger partial charge in [0.15, 0.2) is 16.3 Å². The maximum atomic E-state index is 13.8. The zero-order valence-corrected chi connectivity index (χ0v) is 24.3. The third-order valence-corrected chi connectivity index (χ3v) is 7.61. The molecule has 0 amide bonds. The lowest BCUT2D eigenvalue weighted by atomic mass is 9.95. The van der Waals surface area contributed by atoms with E-state index in [0.29, 0.717) is 54.3 Å². The standard InChI is InChI=1S/C29H28Cl2N2O5S/c1-6-11-37-22-10-8-19(14-23(22)36-5)26-25(28(35)38-15-16(2)3)17(4)32-29-33(26)27(34)24(39-29)13-18-7-9-20(30)21(31)12-18/h6-10,12-14,16,26H,1,11,15H2,2-5H3. The van der Waals surface area contributed by atoms with Gasteiger partial charge < -0.3 is 14.2 Å². The predicted molar refractivity (Wildman–Crippen MR) is 155 cm³/mol. The molecule has 0 spiro atoms. The molecular formula is C29H28Cl2N2O5S. The van der Waals surface area contributed by atoms with Crippen molar-refractivity contribution in [1.29, 1.82) is 0 Å². The molecule has 3 aromatic rings. The van der Waals surface area contributed by atoms with E-state index in [1.807, 2.05) is 13.8 Å². The molecular weight excluding hydrogens is 559 g/mol. The van der Waals surface area contributed by atoms with Crippen LogP contribution in [0.25, 0.3) is 6.08 Å². The summed E-state index contributed by atoms with van der Waals surface area (Å²) in [6, 6.07) is 9.65. The lowest BCUT2D eigenvalue weighted by Gasteiger charge is -2.25. The Labute approximate surface area is 240 Å². The fraction of sp³-hybridized carbons (Fsp3) is 0.276. The minimum atomic E-state index is -0.792. The molecule has 0 saturated heterocycles. The van der Waals surface area contributed by atoms with Crippen molar-refractivity contribution in [2.45, 2.75) is 26.8 Å². The summed E-state index contributed by atoms with van der Waals surface area (Å²) in [4.78, 5) is 32.3. The van der Waals surface area contributed by atoms with Gasteiger partial charge in [-0.15, -0.1) is 0 Å². The first-order valence-corrected chi connectivity index (χ1v) is 13.8. The maximum Gasteiger partial charge on any atom is 0.338 e. The van der Waals surface area contributed by atoms with Gasteiger partial charge in [0.25, 0.3) is 5.56 Å². The molecule has 2 aromatic carbocycles. The van der Waals surface area contributed by atoms with Crippen LogP contribution in [0, 0.1) is 5.92 Å². The minimum Gasteiger partial charge on any atom is -0.493 e. The number of benzene rings is 2. The molecule has 0 N–H and O–H groups in total. The molecule has 0 aliphatic carbocycles. The first kappa shape index (κ1) is 28.7. The molecule has 2 heterocycles. The molecule has 39 heavy (non-hydrogen) atoms. The molecule has 0 saturated carbocycles. The number of hydrogen-bond donors (Lipinski definition) is 0. The zero-order valence-electron chi connectivity index (χ0n) is 22.0. The molecule has 1 atom stereocenters. The average Bonchev–Trinajstić information content (AvgIpc) is 3.21. The Hall–Kier alpha value is -3.33. The number of halogens is 2. The first-order chi connectivity index (χ1) is 18.6. The van der Waals surface area contributed by atoms with Crippen molar-refractivity contribution in [2.75, 3.05) is 20.3 Å². The molecule has 1 unspecified atom stereocenters. The van der Waals surface area contributed by atoms with Crippen LogP contribution in [0.15, 0.2) is 70.1 Å². The van der Waals surface area contributed by atoms with Gasteiger partial charge in [-0.2, -0.15) is 0 Å². The van der Waals surface area contributed by atoms with Gasteiger partial charge in [-0.25, -0.2) is 9.79 Å². The Balaban J connectivity index is 1.91. The smallest absolute Gasteiger partial charge is 0.338 e. The average molecular weight is 588 g/mol. The third kappa shape index (κ3) is 6.13. The number of thiazole rings is 1. The third-order valence-electron chi connectivity index (χ3n) is 5.89. The second-order valence-electron chi connectivity index (χ2n) is 9.26. The Morgan fingerprint density at radius 3 is 2.62 bits per heavy atom. The topological polar surface area (TPSA) is 79.1 Å². The Kier molecular flexibility index (Phi) is 9.00. The summed E-state index contributed by atoms with van der Waals surface area (Å²) in [7, 11) is 1.53. The van der Waals surface area contributed by atoms with E-state index in [2.05, 4.69) is 11.6 Å². The van der Waals surface area contributed by atoms with Crippen LogP contribution in [0.4, 0.5) is 0 Å². The summed E-state index contributed by atoms with van der Waals surface area (Å²) < 4.78 is 18.8. The Bertz CT molecular complexity index is 1640. The summed E-state index contributed by atoms with van der Waals surface area (Å²) in [5, 5.41) is 0.804. The molecule has 204 valence electrons. The molecule has 4 rings (SSSR count). The van der Waals surface area contributed by atoms with Crippen LogP contribution >= 0.6 is 34.5 Å². The van der Waals surface area contributed by atoms with Gasteiger partial charge in [-0.3, -0.25) is 9.36 Å². The highest BCUT2D eigenvalue weighted by molar-refractivity contribution is 7.07. The van der Waals surface area contributed by atoms with Gasteiger partial charge >= 0.3 is 5.97 Å². The van der Waals surface area contributed by atoms with Crippen LogP contribution in [0.1, 0.15) is 37.9 Å². The molecule has 1 aliphatic heterocycles. The number of allylic oxidation sites excluding steroid dienone is 1. The number of carbonyl (C=O) groups excluding carboxylic acids is 1. The molecule has 1 aromatic heterocycles. The van der Waals surface area contributed by atoms with E-state index in [1.54, 1.807) is 55.5 Å². The van der Waals surface area contributed by atoms with E-state index in [1.165, 1.54) is 23.0 Å². The highest BCUT2D eigenvalue weighted by Crippen LogP contribution is 2.36. The number of esters is 1.